The molecule has 0 bridgehead atoms. The fraction of sp³-hybridized carbons (Fsp3) is 0.320. The third kappa shape index (κ3) is 5.72. The van der Waals surface area contributed by atoms with Crippen LogP contribution < -0.4 is 20.1 Å². The largest absolute Gasteiger partial charge is 0.493 e. The molecule has 0 atom stereocenters. The third-order valence-electron chi connectivity index (χ3n) is 5.21. The summed E-state index contributed by atoms with van der Waals surface area (Å²) in [5.41, 5.74) is 2.83. The highest BCUT2D eigenvalue weighted by atomic mass is 16.5. The molecule has 4 aromatic rings. The highest BCUT2D eigenvalue weighted by molar-refractivity contribution is 5.99. The van der Waals surface area contributed by atoms with Gasteiger partial charge in [0.2, 0.25) is 0 Å². The summed E-state index contributed by atoms with van der Waals surface area (Å²) >= 11 is 0. The van der Waals surface area contributed by atoms with Crippen LogP contribution in [0.1, 0.15) is 26.5 Å². The second-order valence-electron chi connectivity index (χ2n) is 8.92. The lowest BCUT2D eigenvalue weighted by Gasteiger charge is -2.12. The minimum atomic E-state index is -0.410. The number of amides is 2. The topological polar surface area (TPSA) is 112 Å². The summed E-state index contributed by atoms with van der Waals surface area (Å²) in [7, 11) is 3.21. The van der Waals surface area contributed by atoms with E-state index in [0.717, 1.165) is 16.9 Å². The van der Waals surface area contributed by atoms with Crippen LogP contribution in [-0.2, 0) is 10.2 Å². The first kappa shape index (κ1) is 24.1. The summed E-state index contributed by atoms with van der Waals surface area (Å²) in [4.78, 5) is 17.0. The smallest absolute Gasteiger partial charge is 0.324 e. The van der Waals surface area contributed by atoms with E-state index in [1.807, 2.05) is 67.9 Å². The molecule has 0 aliphatic rings. The summed E-state index contributed by atoms with van der Waals surface area (Å²) in [5.74, 6) is 2.25. The normalized spacial score (nSPS) is 11.5. The molecule has 2 amide bonds. The maximum atomic E-state index is 12.3. The van der Waals surface area contributed by atoms with Crippen molar-refractivity contribution >= 4 is 23.2 Å². The van der Waals surface area contributed by atoms with E-state index in [-0.39, 0.29) is 5.41 Å². The first-order chi connectivity index (χ1) is 16.8. The Labute approximate surface area is 203 Å². The van der Waals surface area contributed by atoms with E-state index in [9.17, 15) is 4.79 Å². The fourth-order valence-corrected chi connectivity index (χ4v) is 3.33. The summed E-state index contributed by atoms with van der Waals surface area (Å²) in [6, 6.07) is 10.5. The maximum Gasteiger partial charge on any atom is 0.324 e. The van der Waals surface area contributed by atoms with Gasteiger partial charge < -0.3 is 28.5 Å². The minimum absolute atomic E-state index is 0.194. The van der Waals surface area contributed by atoms with Gasteiger partial charge in [-0.2, -0.15) is 0 Å². The van der Waals surface area contributed by atoms with Gasteiger partial charge >= 0.3 is 6.03 Å². The predicted octanol–water partition coefficient (Wildman–Crippen LogP) is 4.96. The van der Waals surface area contributed by atoms with Crippen LogP contribution in [0.25, 0.3) is 16.9 Å². The highest BCUT2D eigenvalue weighted by Gasteiger charge is 2.20. The number of anilines is 2. The van der Waals surface area contributed by atoms with Crippen molar-refractivity contribution in [2.75, 3.05) is 38.1 Å². The summed E-state index contributed by atoms with van der Waals surface area (Å²) < 4.78 is 23.4. The van der Waals surface area contributed by atoms with Crippen LogP contribution >= 0.6 is 0 Å². The van der Waals surface area contributed by atoms with Crippen molar-refractivity contribution < 1.29 is 23.5 Å². The molecule has 10 heteroatoms. The first-order valence-electron chi connectivity index (χ1n) is 11.1. The Kier molecular flexibility index (Phi) is 6.92. The van der Waals surface area contributed by atoms with Crippen molar-refractivity contribution in [2.24, 2.45) is 0 Å². The van der Waals surface area contributed by atoms with Gasteiger partial charge in [-0.1, -0.05) is 38.1 Å². The van der Waals surface area contributed by atoms with Crippen molar-refractivity contribution in [3.63, 3.8) is 0 Å². The molecule has 0 radical (unpaired) electrons. The maximum absolute atomic E-state index is 12.3. The number of carbonyl (C=O) groups excluding carboxylic acids is 1. The Morgan fingerprint density at radius 2 is 1.80 bits per heavy atom. The van der Waals surface area contributed by atoms with Gasteiger partial charge in [-0.15, -0.1) is 0 Å². The molecule has 0 unspecified atom stereocenters. The summed E-state index contributed by atoms with van der Waals surface area (Å²) in [5, 5.41) is 9.37. The molecule has 3 aromatic heterocycles. The van der Waals surface area contributed by atoms with Gasteiger partial charge in [0.05, 0.1) is 25.6 Å². The molecule has 35 heavy (non-hydrogen) atoms. The average Bonchev–Trinajstić information content (AvgIpc) is 3.46. The zero-order chi connectivity index (χ0) is 25.0. The Balaban J connectivity index is 1.44. The number of rotatable bonds is 8. The SMILES string of the molecule is COCCOc1cn2cc(-c3ccc(NC(=O)Nc4cc(C(C)(C)C)on4)cc3)nc2cc1OC. The molecule has 0 aliphatic carbocycles. The zero-order valence-corrected chi connectivity index (χ0v) is 20.4. The molecule has 184 valence electrons. The molecule has 0 spiro atoms. The van der Waals surface area contributed by atoms with E-state index in [4.69, 9.17) is 18.7 Å². The second-order valence-corrected chi connectivity index (χ2v) is 8.92. The van der Waals surface area contributed by atoms with Gasteiger partial charge in [-0.05, 0) is 12.1 Å². The van der Waals surface area contributed by atoms with Gasteiger partial charge in [0.15, 0.2) is 17.3 Å². The number of urea groups is 1. The van der Waals surface area contributed by atoms with Crippen LogP contribution in [0.3, 0.4) is 0 Å². The molecule has 0 aliphatic heterocycles. The molecule has 10 nitrogen and oxygen atoms in total. The van der Waals surface area contributed by atoms with E-state index in [1.165, 1.54) is 0 Å². The minimum Gasteiger partial charge on any atom is -0.493 e. The van der Waals surface area contributed by atoms with Crippen molar-refractivity contribution in [1.29, 1.82) is 0 Å². The number of nitrogens with one attached hydrogen (secondary N) is 2. The number of imidazole rings is 1. The quantitative estimate of drug-likeness (QED) is 0.343. The Morgan fingerprint density at radius 3 is 2.46 bits per heavy atom. The number of pyridine rings is 1. The highest BCUT2D eigenvalue weighted by Crippen LogP contribution is 2.30. The number of ether oxygens (including phenoxy) is 3. The predicted molar refractivity (Wildman–Crippen MR) is 132 cm³/mol. The van der Waals surface area contributed by atoms with Crippen molar-refractivity contribution in [3.8, 4) is 22.8 Å². The average molecular weight is 480 g/mol. The number of methoxy groups -OCH3 is 2. The molecule has 0 fully saturated rings. The number of nitrogens with zero attached hydrogens (tertiary/aromatic N) is 3. The van der Waals surface area contributed by atoms with Crippen molar-refractivity contribution in [2.45, 2.75) is 26.2 Å². The van der Waals surface area contributed by atoms with Crippen LogP contribution in [0.2, 0.25) is 0 Å². The Bertz CT molecular complexity index is 1300. The van der Waals surface area contributed by atoms with Crippen LogP contribution in [0.4, 0.5) is 16.3 Å². The Morgan fingerprint density at radius 1 is 1.03 bits per heavy atom. The lowest BCUT2D eigenvalue weighted by molar-refractivity contribution is 0.144. The lowest BCUT2D eigenvalue weighted by atomic mass is 9.93. The Hall–Kier alpha value is -4.05. The molecule has 0 saturated carbocycles. The number of hydrogen-bond donors (Lipinski definition) is 2. The van der Waals surface area contributed by atoms with E-state index in [1.54, 1.807) is 20.3 Å². The third-order valence-corrected chi connectivity index (χ3v) is 5.21. The monoisotopic (exact) mass is 479 g/mol. The lowest BCUT2D eigenvalue weighted by Crippen LogP contribution is -2.19. The van der Waals surface area contributed by atoms with E-state index >= 15 is 0 Å². The number of aromatic nitrogens is 3. The van der Waals surface area contributed by atoms with E-state index in [2.05, 4.69) is 20.8 Å². The van der Waals surface area contributed by atoms with Crippen LogP contribution in [0.15, 0.2) is 53.3 Å². The van der Waals surface area contributed by atoms with Crippen molar-refractivity contribution in [1.82, 2.24) is 14.5 Å². The second kappa shape index (κ2) is 10.1. The van der Waals surface area contributed by atoms with Gasteiger partial charge in [0.25, 0.3) is 0 Å². The van der Waals surface area contributed by atoms with Crippen LogP contribution in [-0.4, -0.2) is 48.0 Å². The van der Waals surface area contributed by atoms with Crippen LogP contribution in [0, 0.1) is 0 Å². The van der Waals surface area contributed by atoms with Gasteiger partial charge in [-0.3, -0.25) is 5.32 Å². The number of benzene rings is 1. The molecule has 3 heterocycles. The van der Waals surface area contributed by atoms with E-state index in [0.29, 0.717) is 42.0 Å². The zero-order valence-electron chi connectivity index (χ0n) is 20.4. The molecule has 0 saturated heterocycles. The first-order valence-corrected chi connectivity index (χ1v) is 11.1. The number of hydrogen-bond acceptors (Lipinski definition) is 7. The molecule has 4 rings (SSSR count). The van der Waals surface area contributed by atoms with Gasteiger partial charge in [0.1, 0.15) is 18.0 Å². The fourth-order valence-electron chi connectivity index (χ4n) is 3.33. The van der Waals surface area contributed by atoms with Crippen molar-refractivity contribution in [3.05, 3.63) is 54.6 Å². The standard InChI is InChI=1S/C25H29N5O5/c1-25(2,3)21-13-22(29-35-21)28-24(31)26-17-8-6-16(7-9-17)18-14-30-15-20(34-11-10-32-4)19(33-5)12-23(30)27-18/h6-9,12-15H,10-11H2,1-5H3,(H2,26,28,29,31). The summed E-state index contributed by atoms with van der Waals surface area (Å²) in [6.07, 6.45) is 3.74. The number of fused-ring (bicyclic) bond motifs is 1. The van der Waals surface area contributed by atoms with Gasteiger partial charge in [0, 0.05) is 42.1 Å². The molecule has 2 N–H and O–H groups in total. The van der Waals surface area contributed by atoms with Gasteiger partial charge in [-0.25, -0.2) is 9.78 Å². The van der Waals surface area contributed by atoms with Crippen LogP contribution in [0.5, 0.6) is 11.5 Å². The van der Waals surface area contributed by atoms with E-state index < -0.39 is 6.03 Å². The molecular weight excluding hydrogens is 450 g/mol. The molecule has 1 aromatic carbocycles. The molecular formula is C25H29N5O5. The summed E-state index contributed by atoms with van der Waals surface area (Å²) in [6.45, 7) is 6.92. The number of carbonyl (C=O) groups is 1.